The zero-order valence-electron chi connectivity index (χ0n) is 30.4. The number of benzene rings is 2. The lowest BCUT2D eigenvalue weighted by Gasteiger charge is -2.34. The fraction of sp³-hybridized carbons (Fsp3) is 0.526. The number of anilines is 1. The van der Waals surface area contributed by atoms with Gasteiger partial charge >= 0.3 is 12.1 Å². The van der Waals surface area contributed by atoms with E-state index in [9.17, 15) is 20.1 Å². The third-order valence-electron chi connectivity index (χ3n) is 10.8. The first-order valence-electron chi connectivity index (χ1n) is 18.1. The van der Waals surface area contributed by atoms with E-state index in [2.05, 4.69) is 14.9 Å². The first-order valence-corrected chi connectivity index (χ1v) is 18.1. The number of hydrogen-bond donors (Lipinski definition) is 3. The number of halogens is 2. The third kappa shape index (κ3) is 7.02. The van der Waals surface area contributed by atoms with E-state index in [0.29, 0.717) is 22.8 Å². The van der Waals surface area contributed by atoms with Gasteiger partial charge in [-0.3, -0.25) is 9.88 Å². The maximum atomic E-state index is 17.1. The minimum absolute atomic E-state index is 0.0221. The second-order valence-electron chi connectivity index (χ2n) is 15.0. The molecule has 0 bridgehead atoms. The lowest BCUT2D eigenvalue weighted by atomic mass is 9.94. The quantitative estimate of drug-likeness (QED) is 0.223. The highest BCUT2D eigenvalue weighted by molar-refractivity contribution is 6.01. The number of carbonyl (C=O) groups excluding carboxylic acids is 1. The van der Waals surface area contributed by atoms with Crippen LogP contribution in [0.1, 0.15) is 45.1 Å². The molecule has 5 heterocycles. The Balaban J connectivity index is 1.31. The van der Waals surface area contributed by atoms with Crippen molar-refractivity contribution in [1.82, 2.24) is 24.8 Å². The summed E-state index contributed by atoms with van der Waals surface area (Å²) in [6.07, 6.45) is 4.06. The molecule has 3 aliphatic rings. The number of aromatic hydroxyl groups is 1. The number of aliphatic hydroxyl groups is 2. The number of carbonyl (C=O) groups is 1. The predicted molar refractivity (Wildman–Crippen MR) is 193 cm³/mol. The molecule has 0 aliphatic carbocycles. The van der Waals surface area contributed by atoms with Gasteiger partial charge in [0.2, 0.25) is 0 Å². The summed E-state index contributed by atoms with van der Waals surface area (Å²) in [7, 11) is 3.28. The summed E-state index contributed by atoms with van der Waals surface area (Å²) in [6.45, 7) is 4.48. The Morgan fingerprint density at radius 2 is 2.00 bits per heavy atom. The Kier molecular flexibility index (Phi) is 10.0. The number of pyridine rings is 1. The number of phenols is 1. The summed E-state index contributed by atoms with van der Waals surface area (Å²) in [4.78, 5) is 31.5. The van der Waals surface area contributed by atoms with Crippen molar-refractivity contribution in [1.29, 1.82) is 0 Å². The van der Waals surface area contributed by atoms with Gasteiger partial charge in [0, 0.05) is 38.4 Å². The standard InChI is InChI=1S/C38H46F2N6O7/c1-5-26-29(39)8-7-22-13-24(48)14-27(30(22)26)32-31(40)33-28(15-41-32)34(45-16-25(17-47)52-20-37(2,50)19-45)43-35(42-33)53-21-38-10-6-12-46(38)23(9-11-38)18-51-36(49)44(3)4/h7-8,13-15,23,25,47-48,50H,5-6,9-12,16-21H2,1-4H3/t23-,25+,37-,38-/m0/s1. The number of β-amino-alcohol motifs (C(OH)–C–C–N with tert-alkyl or cyclic N) is 1. The number of fused-ring (bicyclic) bond motifs is 3. The van der Waals surface area contributed by atoms with E-state index in [1.165, 1.54) is 35.4 Å². The Bertz CT molecular complexity index is 2030. The van der Waals surface area contributed by atoms with Gasteiger partial charge in [-0.1, -0.05) is 13.0 Å². The molecule has 15 heteroatoms. The molecular formula is C38H46F2N6O7. The molecule has 2 aromatic heterocycles. The van der Waals surface area contributed by atoms with E-state index in [-0.39, 0.29) is 90.8 Å². The van der Waals surface area contributed by atoms with Gasteiger partial charge in [-0.25, -0.2) is 13.6 Å². The number of aryl methyl sites for hydroxylation is 1. The molecule has 13 nitrogen and oxygen atoms in total. The molecule has 284 valence electrons. The summed E-state index contributed by atoms with van der Waals surface area (Å²) in [6, 6.07) is 5.65. The van der Waals surface area contributed by atoms with Gasteiger partial charge in [0.15, 0.2) is 5.82 Å². The van der Waals surface area contributed by atoms with Crippen molar-refractivity contribution in [2.24, 2.45) is 0 Å². The largest absolute Gasteiger partial charge is 0.508 e. The summed E-state index contributed by atoms with van der Waals surface area (Å²) in [5, 5.41) is 33.1. The highest BCUT2D eigenvalue weighted by atomic mass is 19.1. The van der Waals surface area contributed by atoms with Crippen molar-refractivity contribution in [3.63, 3.8) is 0 Å². The van der Waals surface area contributed by atoms with Crippen LogP contribution in [-0.4, -0.2) is 130 Å². The lowest BCUT2D eigenvalue weighted by Crippen LogP contribution is -2.48. The van der Waals surface area contributed by atoms with Crippen molar-refractivity contribution < 1.29 is 43.1 Å². The van der Waals surface area contributed by atoms with E-state index in [0.717, 1.165) is 32.2 Å². The van der Waals surface area contributed by atoms with Crippen LogP contribution in [0.3, 0.4) is 0 Å². The molecule has 0 saturated carbocycles. The van der Waals surface area contributed by atoms with Crippen LogP contribution in [-0.2, 0) is 15.9 Å². The van der Waals surface area contributed by atoms with Gasteiger partial charge in [-0.15, -0.1) is 0 Å². The Hall–Kier alpha value is -4.44. The second-order valence-corrected chi connectivity index (χ2v) is 15.0. The van der Waals surface area contributed by atoms with Gasteiger partial charge in [0.1, 0.15) is 47.4 Å². The zero-order chi connectivity index (χ0) is 37.7. The molecule has 3 aliphatic heterocycles. The van der Waals surface area contributed by atoms with Crippen LogP contribution >= 0.6 is 0 Å². The third-order valence-corrected chi connectivity index (χ3v) is 10.8. The monoisotopic (exact) mass is 736 g/mol. The van der Waals surface area contributed by atoms with Crippen LogP contribution in [0.2, 0.25) is 0 Å². The summed E-state index contributed by atoms with van der Waals surface area (Å²) >= 11 is 0. The van der Waals surface area contributed by atoms with Crippen molar-refractivity contribution in [2.75, 3.05) is 65.1 Å². The number of phenolic OH excluding ortho intramolecular Hbond substituents is 1. The van der Waals surface area contributed by atoms with Crippen molar-refractivity contribution in [2.45, 2.75) is 69.2 Å². The van der Waals surface area contributed by atoms with E-state index >= 15 is 8.78 Å². The number of rotatable bonds is 9. The topological polar surface area (TPSA) is 154 Å². The first kappa shape index (κ1) is 36.9. The van der Waals surface area contributed by atoms with Crippen LogP contribution < -0.4 is 9.64 Å². The molecule has 4 aromatic rings. The number of ether oxygens (including phenoxy) is 3. The highest BCUT2D eigenvalue weighted by Gasteiger charge is 2.50. The van der Waals surface area contributed by atoms with Crippen LogP contribution in [0.5, 0.6) is 11.8 Å². The van der Waals surface area contributed by atoms with Gasteiger partial charge < -0.3 is 39.3 Å². The molecule has 7 rings (SSSR count). The van der Waals surface area contributed by atoms with Crippen molar-refractivity contribution in [3.05, 3.63) is 47.7 Å². The molecule has 0 radical (unpaired) electrons. The maximum absolute atomic E-state index is 17.1. The Morgan fingerprint density at radius 3 is 2.75 bits per heavy atom. The SMILES string of the molecule is CCc1c(F)ccc2cc(O)cc(-c3ncc4c(N5C[C@H](CO)OC[C@@](C)(O)C5)nc(OC[C@@]56CCCN5[C@H](COC(=O)N(C)C)CC6)nc4c3F)c12. The number of hydrogen-bond acceptors (Lipinski definition) is 12. The molecule has 53 heavy (non-hydrogen) atoms. The van der Waals surface area contributed by atoms with E-state index in [1.54, 1.807) is 32.8 Å². The van der Waals surface area contributed by atoms with E-state index < -0.39 is 29.4 Å². The summed E-state index contributed by atoms with van der Waals surface area (Å²) < 4.78 is 49.9. The van der Waals surface area contributed by atoms with Gasteiger partial charge in [0.05, 0.1) is 36.8 Å². The van der Waals surface area contributed by atoms with Gasteiger partial charge in [0.25, 0.3) is 0 Å². The minimum atomic E-state index is -1.34. The fourth-order valence-corrected chi connectivity index (χ4v) is 8.22. The minimum Gasteiger partial charge on any atom is -0.508 e. The van der Waals surface area contributed by atoms with Gasteiger partial charge in [-0.05, 0) is 80.1 Å². The molecule has 2 aromatic carbocycles. The van der Waals surface area contributed by atoms with Crippen LogP contribution in [0.25, 0.3) is 32.9 Å². The Labute approximate surface area is 306 Å². The smallest absolute Gasteiger partial charge is 0.409 e. The van der Waals surface area contributed by atoms with Crippen LogP contribution in [0.4, 0.5) is 19.4 Å². The number of aromatic nitrogens is 3. The first-order chi connectivity index (χ1) is 25.3. The average molecular weight is 737 g/mol. The Morgan fingerprint density at radius 1 is 1.19 bits per heavy atom. The van der Waals surface area contributed by atoms with Crippen LogP contribution in [0.15, 0.2) is 30.5 Å². The molecule has 0 spiro atoms. The molecule has 1 amide bonds. The molecule has 3 fully saturated rings. The summed E-state index contributed by atoms with van der Waals surface area (Å²) in [5.41, 5.74) is -1.39. The maximum Gasteiger partial charge on any atom is 0.409 e. The van der Waals surface area contributed by atoms with E-state index in [4.69, 9.17) is 19.2 Å². The number of amides is 1. The van der Waals surface area contributed by atoms with E-state index in [1.807, 2.05) is 0 Å². The normalized spacial score (nSPS) is 24.8. The molecule has 4 atom stereocenters. The fourth-order valence-electron chi connectivity index (χ4n) is 8.22. The summed E-state index contributed by atoms with van der Waals surface area (Å²) in [5.74, 6) is -1.18. The van der Waals surface area contributed by atoms with Crippen LogP contribution in [0, 0.1) is 11.6 Å². The highest BCUT2D eigenvalue weighted by Crippen LogP contribution is 2.44. The number of nitrogens with zero attached hydrogens (tertiary/aromatic N) is 6. The molecule has 3 N–H and O–H groups in total. The molecular weight excluding hydrogens is 690 g/mol. The lowest BCUT2D eigenvalue weighted by molar-refractivity contribution is -0.0528. The van der Waals surface area contributed by atoms with Gasteiger partial charge in [-0.2, -0.15) is 9.97 Å². The van der Waals surface area contributed by atoms with Crippen molar-refractivity contribution >= 4 is 33.6 Å². The second kappa shape index (κ2) is 14.4. The zero-order valence-corrected chi connectivity index (χ0v) is 30.4. The number of aliphatic hydroxyl groups excluding tert-OH is 1. The molecule has 0 unspecified atom stereocenters. The molecule has 3 saturated heterocycles. The predicted octanol–water partition coefficient (Wildman–Crippen LogP) is 4.41. The van der Waals surface area contributed by atoms with Crippen molar-refractivity contribution in [3.8, 4) is 23.0 Å². The average Bonchev–Trinajstić information content (AvgIpc) is 3.65.